The summed E-state index contributed by atoms with van der Waals surface area (Å²) in [4.78, 5) is 44.3. The van der Waals surface area contributed by atoms with Crippen molar-refractivity contribution in [3.63, 3.8) is 0 Å². The number of allylic oxidation sites excluding steroid dienone is 1. The molecule has 10 nitrogen and oxygen atoms in total. The van der Waals surface area contributed by atoms with Crippen molar-refractivity contribution in [3.05, 3.63) is 41.1 Å². The number of fused-ring (bicyclic) bond motifs is 6. The first kappa shape index (κ1) is 26.3. The van der Waals surface area contributed by atoms with Gasteiger partial charge in [-0.15, -0.1) is 0 Å². The molecule has 5 heterocycles. The van der Waals surface area contributed by atoms with Crippen LogP contribution in [0.1, 0.15) is 76.6 Å². The van der Waals surface area contributed by atoms with Crippen LogP contribution < -0.4 is 4.74 Å². The molecule has 0 aliphatic carbocycles. The van der Waals surface area contributed by atoms with Crippen molar-refractivity contribution in [2.45, 2.75) is 82.7 Å². The molecule has 4 aliphatic rings. The van der Waals surface area contributed by atoms with Crippen molar-refractivity contribution < 1.29 is 33.6 Å². The average Bonchev–Trinajstić information content (AvgIpc) is 3.52. The molecule has 0 radical (unpaired) electrons. The minimum Gasteiger partial charge on any atom is -0.497 e. The number of rotatable bonds is 4. The number of carbonyl (C=O) groups excluding carboxylic acids is 2. The quantitative estimate of drug-likeness (QED) is 0.426. The first-order valence-electron chi connectivity index (χ1n) is 13.5. The summed E-state index contributed by atoms with van der Waals surface area (Å²) in [5, 5.41) is 0.873. The Hall–Kier alpha value is -2.92. The first-order chi connectivity index (χ1) is 18.6. The van der Waals surface area contributed by atoms with E-state index in [1.807, 2.05) is 52.0 Å². The van der Waals surface area contributed by atoms with Gasteiger partial charge in [-0.3, -0.25) is 14.5 Å². The highest BCUT2D eigenvalue weighted by Crippen LogP contribution is 2.57. The molecule has 39 heavy (non-hydrogen) atoms. The molecular formula is C29H37N3O7. The lowest BCUT2D eigenvalue weighted by Crippen LogP contribution is -2.75. The highest BCUT2D eigenvalue weighted by Gasteiger charge is 2.68. The molecular weight excluding hydrogens is 502 g/mol. The SMILES string of the molecule is COc1ccc2c3c4n(c2c1)[C@@H](C=C(C)C)OOC(C)(C)C[C@@H]4N1C(=O)[C@@H]2CCCN2C(=O)[C@@]1(OC)[C@H]3OC. The molecule has 4 aliphatic heterocycles. The van der Waals surface area contributed by atoms with E-state index in [9.17, 15) is 9.59 Å². The maximum absolute atomic E-state index is 14.4. The second kappa shape index (κ2) is 9.05. The molecule has 2 fully saturated rings. The van der Waals surface area contributed by atoms with Gasteiger partial charge in [0.05, 0.1) is 24.4 Å². The van der Waals surface area contributed by atoms with Crippen LogP contribution in [0.2, 0.25) is 0 Å². The Balaban J connectivity index is 1.75. The molecule has 1 aromatic heterocycles. The Morgan fingerprint density at radius 2 is 1.90 bits per heavy atom. The number of methoxy groups -OCH3 is 3. The third-order valence-electron chi connectivity index (χ3n) is 8.57. The second-order valence-electron chi connectivity index (χ2n) is 11.7. The molecule has 0 saturated carbocycles. The predicted molar refractivity (Wildman–Crippen MR) is 142 cm³/mol. The van der Waals surface area contributed by atoms with Crippen molar-refractivity contribution >= 4 is 22.7 Å². The molecule has 0 spiro atoms. The van der Waals surface area contributed by atoms with E-state index >= 15 is 0 Å². The zero-order valence-electron chi connectivity index (χ0n) is 23.6. The molecule has 2 saturated heterocycles. The average molecular weight is 540 g/mol. The fourth-order valence-electron chi connectivity index (χ4n) is 7.06. The van der Waals surface area contributed by atoms with Gasteiger partial charge in [0.15, 0.2) is 6.23 Å². The highest BCUT2D eigenvalue weighted by atomic mass is 17.2. The number of ether oxygens (including phenoxy) is 3. The van der Waals surface area contributed by atoms with E-state index in [4.69, 9.17) is 24.0 Å². The zero-order valence-corrected chi connectivity index (χ0v) is 23.6. The summed E-state index contributed by atoms with van der Waals surface area (Å²) < 4.78 is 20.0. The third-order valence-corrected chi connectivity index (χ3v) is 8.57. The van der Waals surface area contributed by atoms with E-state index in [1.54, 1.807) is 24.0 Å². The fraction of sp³-hybridized carbons (Fsp3) is 0.586. The molecule has 10 heteroatoms. The maximum atomic E-state index is 14.4. The number of nitrogens with zero attached hydrogens (tertiary/aromatic N) is 3. The van der Waals surface area contributed by atoms with Crippen LogP contribution in [0, 0.1) is 0 Å². The number of hydrogen-bond acceptors (Lipinski definition) is 7. The minimum absolute atomic E-state index is 0.128. The summed E-state index contributed by atoms with van der Waals surface area (Å²) in [5.74, 6) is 0.305. The summed E-state index contributed by atoms with van der Waals surface area (Å²) in [6.07, 6.45) is 2.25. The lowest BCUT2D eigenvalue weighted by Gasteiger charge is -2.58. The van der Waals surface area contributed by atoms with Gasteiger partial charge < -0.3 is 23.7 Å². The molecule has 0 bridgehead atoms. The molecule has 0 unspecified atom stereocenters. The number of amides is 2. The van der Waals surface area contributed by atoms with E-state index in [1.165, 1.54) is 7.11 Å². The van der Waals surface area contributed by atoms with Gasteiger partial charge >= 0.3 is 0 Å². The zero-order chi connectivity index (χ0) is 27.9. The molecule has 1 aromatic carbocycles. The van der Waals surface area contributed by atoms with Gasteiger partial charge in [0, 0.05) is 44.2 Å². The van der Waals surface area contributed by atoms with Crippen LogP contribution in [0.3, 0.4) is 0 Å². The van der Waals surface area contributed by atoms with Crippen LogP contribution >= 0.6 is 0 Å². The van der Waals surface area contributed by atoms with Crippen LogP contribution in [0.5, 0.6) is 5.75 Å². The van der Waals surface area contributed by atoms with Gasteiger partial charge in [0.1, 0.15) is 23.5 Å². The minimum atomic E-state index is -1.66. The van der Waals surface area contributed by atoms with E-state index in [0.29, 0.717) is 25.1 Å². The van der Waals surface area contributed by atoms with Gasteiger partial charge in [-0.05, 0) is 58.7 Å². The molecule has 5 atom stereocenters. The van der Waals surface area contributed by atoms with Crippen LogP contribution in [-0.2, 0) is 28.8 Å². The first-order valence-corrected chi connectivity index (χ1v) is 13.5. The van der Waals surface area contributed by atoms with Gasteiger partial charge in [-0.25, -0.2) is 9.78 Å². The summed E-state index contributed by atoms with van der Waals surface area (Å²) in [6, 6.07) is 4.75. The molecule has 2 aromatic rings. The summed E-state index contributed by atoms with van der Waals surface area (Å²) in [6.45, 7) is 8.38. The van der Waals surface area contributed by atoms with Crippen molar-refractivity contribution in [3.8, 4) is 5.75 Å². The lowest BCUT2D eigenvalue weighted by molar-refractivity contribution is -0.391. The Bertz CT molecular complexity index is 1380. The number of aromatic nitrogens is 1. The largest absolute Gasteiger partial charge is 0.497 e. The van der Waals surface area contributed by atoms with E-state index in [-0.39, 0.29) is 11.8 Å². The van der Waals surface area contributed by atoms with E-state index in [0.717, 1.165) is 34.2 Å². The van der Waals surface area contributed by atoms with Crippen molar-refractivity contribution in [2.24, 2.45) is 0 Å². The Kier molecular flexibility index (Phi) is 6.11. The predicted octanol–water partition coefficient (Wildman–Crippen LogP) is 4.16. The van der Waals surface area contributed by atoms with Crippen molar-refractivity contribution in [2.75, 3.05) is 27.9 Å². The van der Waals surface area contributed by atoms with Crippen LogP contribution in [0.25, 0.3) is 10.9 Å². The number of benzene rings is 1. The number of hydrogen-bond donors (Lipinski definition) is 0. The normalized spacial score (nSPS) is 31.4. The number of piperazine rings is 1. The number of carbonyl (C=O) groups is 2. The van der Waals surface area contributed by atoms with Gasteiger partial charge in [0.25, 0.3) is 11.6 Å². The summed E-state index contributed by atoms with van der Waals surface area (Å²) in [7, 11) is 4.68. The van der Waals surface area contributed by atoms with E-state index in [2.05, 4.69) is 4.57 Å². The van der Waals surface area contributed by atoms with Crippen LogP contribution in [0.15, 0.2) is 29.8 Å². The standard InChI is InChI=1S/C29H37N3O7/c1-16(2)13-22-31-20-14-17(35-5)10-11-18(20)23-24(31)21(15-28(3,4)39-38-22)32-26(33)19-9-8-12-30(19)27(34)29(32,37-7)25(23)36-6/h10-11,13-14,19,21-22,25H,8-9,12,15H2,1-7H3/t19-,21-,22+,25-,29-/m0/s1. The Morgan fingerprint density at radius 1 is 1.13 bits per heavy atom. The molecule has 210 valence electrons. The van der Waals surface area contributed by atoms with Crippen molar-refractivity contribution in [1.29, 1.82) is 0 Å². The highest BCUT2D eigenvalue weighted by molar-refractivity contribution is 6.02. The van der Waals surface area contributed by atoms with Crippen molar-refractivity contribution in [1.82, 2.24) is 14.4 Å². The topological polar surface area (TPSA) is 91.7 Å². The van der Waals surface area contributed by atoms with Crippen LogP contribution in [0.4, 0.5) is 0 Å². The molecule has 0 N–H and O–H groups in total. The van der Waals surface area contributed by atoms with Gasteiger partial charge in [-0.1, -0.05) is 5.57 Å². The van der Waals surface area contributed by atoms with Gasteiger partial charge in [-0.2, -0.15) is 0 Å². The third kappa shape index (κ3) is 3.54. The molecule has 6 rings (SSSR count). The van der Waals surface area contributed by atoms with Gasteiger partial charge in [0.2, 0.25) is 5.91 Å². The fourth-order valence-corrected chi connectivity index (χ4v) is 7.06. The second-order valence-corrected chi connectivity index (χ2v) is 11.7. The Morgan fingerprint density at radius 3 is 2.56 bits per heavy atom. The summed E-state index contributed by atoms with van der Waals surface area (Å²) in [5.41, 5.74) is 1.07. The lowest BCUT2D eigenvalue weighted by atomic mass is 9.79. The maximum Gasteiger partial charge on any atom is 0.280 e. The molecule has 2 amide bonds. The smallest absolute Gasteiger partial charge is 0.280 e. The summed E-state index contributed by atoms with van der Waals surface area (Å²) >= 11 is 0. The Labute approximate surface area is 228 Å². The monoisotopic (exact) mass is 539 g/mol. The van der Waals surface area contributed by atoms with Crippen LogP contribution in [-0.4, -0.2) is 71.4 Å². The van der Waals surface area contributed by atoms with E-state index < -0.39 is 35.7 Å².